The molecule has 1 fully saturated rings. The van der Waals surface area contributed by atoms with E-state index in [1.54, 1.807) is 46.0 Å². The molecule has 9 heteroatoms. The number of carbonyl (C=O) groups is 2. The number of benzene rings is 2. The Morgan fingerprint density at radius 2 is 1.77 bits per heavy atom. The summed E-state index contributed by atoms with van der Waals surface area (Å²) >= 11 is 0. The molecule has 2 amide bonds. The highest BCUT2D eigenvalue weighted by atomic mass is 16.5. The molecule has 1 N–H and O–H groups in total. The number of carbonyl (C=O) groups excluding carboxylic acids is 2. The molecule has 5 rings (SSSR count). The lowest BCUT2D eigenvalue weighted by Gasteiger charge is -2.16. The van der Waals surface area contributed by atoms with Crippen molar-refractivity contribution in [1.29, 1.82) is 0 Å². The minimum absolute atomic E-state index is 0.0509. The van der Waals surface area contributed by atoms with E-state index in [1.807, 2.05) is 50.2 Å². The number of nitrogens with one attached hydrogen (secondary N) is 1. The van der Waals surface area contributed by atoms with Crippen molar-refractivity contribution in [3.8, 4) is 17.4 Å². The minimum Gasteiger partial charge on any atom is -0.438 e. The van der Waals surface area contributed by atoms with Gasteiger partial charge >= 0.3 is 0 Å². The maximum Gasteiger partial charge on any atom is 0.238 e. The largest absolute Gasteiger partial charge is 0.438 e. The number of aromatic nitrogens is 4. The molecule has 0 saturated carbocycles. The average molecular weight is 469 g/mol. The Hall–Kier alpha value is -4.53. The number of aryl methyl sites for hydroxylation is 2. The summed E-state index contributed by atoms with van der Waals surface area (Å²) in [6, 6.07) is 21.8. The van der Waals surface area contributed by atoms with E-state index in [1.165, 1.54) is 0 Å². The van der Waals surface area contributed by atoms with Crippen LogP contribution in [-0.2, 0) is 9.59 Å². The number of hydrogen-bond acceptors (Lipinski definition) is 6. The number of anilines is 2. The highest BCUT2D eigenvalue weighted by Crippen LogP contribution is 2.27. The first kappa shape index (κ1) is 22.3. The number of amides is 2. The quantitative estimate of drug-likeness (QED) is 0.458. The van der Waals surface area contributed by atoms with Gasteiger partial charge in [-0.2, -0.15) is 5.10 Å². The predicted molar refractivity (Wildman–Crippen MR) is 131 cm³/mol. The fourth-order valence-corrected chi connectivity index (χ4v) is 4.05. The van der Waals surface area contributed by atoms with Crippen LogP contribution in [0.4, 0.5) is 11.4 Å². The topological polar surface area (TPSA) is 102 Å². The standard InChI is InChI=1S/C26H24N6O3/c1-17-14-18(2)32(30-17)23-12-13-24(29-28-23)35-22-10-8-20(9-11-22)27-26(34)19-15-25(33)31(16-19)21-6-4-3-5-7-21/h3-14,19H,15-16H2,1-2H3,(H,27,34). The van der Waals surface area contributed by atoms with Gasteiger partial charge in [0.05, 0.1) is 11.6 Å². The van der Waals surface area contributed by atoms with Crippen molar-refractivity contribution < 1.29 is 14.3 Å². The lowest BCUT2D eigenvalue weighted by molar-refractivity contribution is -0.122. The van der Waals surface area contributed by atoms with Crippen LogP contribution in [0.5, 0.6) is 11.6 Å². The minimum atomic E-state index is -0.408. The fourth-order valence-electron chi connectivity index (χ4n) is 4.05. The molecule has 3 heterocycles. The number of rotatable bonds is 6. The fraction of sp³-hybridized carbons (Fsp3) is 0.192. The van der Waals surface area contributed by atoms with Crippen molar-refractivity contribution >= 4 is 23.2 Å². The van der Waals surface area contributed by atoms with Gasteiger partial charge in [0.2, 0.25) is 17.7 Å². The first-order valence-corrected chi connectivity index (χ1v) is 11.3. The van der Waals surface area contributed by atoms with E-state index < -0.39 is 5.92 Å². The first-order valence-electron chi connectivity index (χ1n) is 11.3. The van der Waals surface area contributed by atoms with Crippen molar-refractivity contribution in [1.82, 2.24) is 20.0 Å². The van der Waals surface area contributed by atoms with Crippen molar-refractivity contribution in [2.45, 2.75) is 20.3 Å². The summed E-state index contributed by atoms with van der Waals surface area (Å²) in [7, 11) is 0. The third-order valence-electron chi connectivity index (χ3n) is 5.76. The molecular weight excluding hydrogens is 444 g/mol. The second kappa shape index (κ2) is 9.38. The van der Waals surface area contributed by atoms with Crippen molar-refractivity contribution in [2.75, 3.05) is 16.8 Å². The van der Waals surface area contributed by atoms with Gasteiger partial charge in [0.1, 0.15) is 5.75 Å². The van der Waals surface area contributed by atoms with Gasteiger partial charge in [-0.1, -0.05) is 18.2 Å². The second-order valence-electron chi connectivity index (χ2n) is 8.43. The second-order valence-corrected chi connectivity index (χ2v) is 8.43. The van der Waals surface area contributed by atoms with E-state index in [-0.39, 0.29) is 18.2 Å². The van der Waals surface area contributed by atoms with Crippen molar-refractivity contribution in [2.24, 2.45) is 5.92 Å². The first-order chi connectivity index (χ1) is 17.0. The monoisotopic (exact) mass is 468 g/mol. The molecule has 1 atom stereocenters. The van der Waals surface area contributed by atoms with E-state index in [0.29, 0.717) is 29.7 Å². The molecule has 0 aliphatic carbocycles. The van der Waals surface area contributed by atoms with Crippen LogP contribution in [-0.4, -0.2) is 38.3 Å². The normalized spacial score (nSPS) is 15.3. The van der Waals surface area contributed by atoms with Crippen LogP contribution in [0.2, 0.25) is 0 Å². The SMILES string of the molecule is Cc1cc(C)n(-c2ccc(Oc3ccc(NC(=O)C4CC(=O)N(c5ccccc5)C4)cc3)nn2)n1. The molecular formula is C26H24N6O3. The van der Waals surface area contributed by atoms with Gasteiger partial charge in [-0.3, -0.25) is 9.59 Å². The van der Waals surface area contributed by atoms with Gasteiger partial charge in [0.15, 0.2) is 5.82 Å². The maximum absolute atomic E-state index is 12.7. The number of para-hydroxylation sites is 1. The molecule has 1 aliphatic heterocycles. The summed E-state index contributed by atoms with van der Waals surface area (Å²) in [4.78, 5) is 26.8. The van der Waals surface area contributed by atoms with Gasteiger partial charge in [0.25, 0.3) is 0 Å². The smallest absolute Gasteiger partial charge is 0.238 e. The molecule has 1 saturated heterocycles. The van der Waals surface area contributed by atoms with Gasteiger partial charge < -0.3 is 15.0 Å². The summed E-state index contributed by atoms with van der Waals surface area (Å²) in [5, 5.41) is 15.6. The van der Waals surface area contributed by atoms with Crippen LogP contribution >= 0.6 is 0 Å². The number of hydrogen-bond donors (Lipinski definition) is 1. The van der Waals surface area contributed by atoms with Crippen LogP contribution in [0.3, 0.4) is 0 Å². The van der Waals surface area contributed by atoms with E-state index in [0.717, 1.165) is 17.1 Å². The third kappa shape index (κ3) is 4.89. The summed E-state index contributed by atoms with van der Waals surface area (Å²) in [6.45, 7) is 4.24. The zero-order valence-corrected chi connectivity index (χ0v) is 19.4. The van der Waals surface area contributed by atoms with Crippen LogP contribution < -0.4 is 15.0 Å². The Morgan fingerprint density at radius 1 is 1.00 bits per heavy atom. The van der Waals surface area contributed by atoms with Crippen LogP contribution in [0.1, 0.15) is 17.8 Å². The molecule has 35 heavy (non-hydrogen) atoms. The zero-order valence-electron chi connectivity index (χ0n) is 19.4. The third-order valence-corrected chi connectivity index (χ3v) is 5.76. The van der Waals surface area contributed by atoms with Gasteiger partial charge in [0, 0.05) is 36.1 Å². The van der Waals surface area contributed by atoms with E-state index in [4.69, 9.17) is 4.74 Å². The van der Waals surface area contributed by atoms with Crippen molar-refractivity contribution in [3.63, 3.8) is 0 Å². The summed E-state index contributed by atoms with van der Waals surface area (Å²) < 4.78 is 7.50. The van der Waals surface area contributed by atoms with E-state index >= 15 is 0 Å². The zero-order chi connectivity index (χ0) is 24.4. The Morgan fingerprint density at radius 3 is 2.43 bits per heavy atom. The Bertz CT molecular complexity index is 1350. The molecule has 9 nitrogen and oxygen atoms in total. The molecule has 176 valence electrons. The molecule has 0 bridgehead atoms. The summed E-state index contributed by atoms with van der Waals surface area (Å²) in [6.07, 6.45) is 0.189. The molecule has 0 spiro atoms. The van der Waals surface area contributed by atoms with Crippen LogP contribution in [0.15, 0.2) is 72.8 Å². The van der Waals surface area contributed by atoms with Crippen LogP contribution in [0, 0.1) is 19.8 Å². The molecule has 4 aromatic rings. The van der Waals surface area contributed by atoms with Gasteiger partial charge in [-0.15, -0.1) is 10.2 Å². The highest BCUT2D eigenvalue weighted by molar-refractivity contribution is 6.03. The summed E-state index contributed by atoms with van der Waals surface area (Å²) in [5.74, 6) is 0.869. The molecule has 0 radical (unpaired) electrons. The van der Waals surface area contributed by atoms with Crippen molar-refractivity contribution in [3.05, 3.63) is 84.2 Å². The van der Waals surface area contributed by atoms with Crippen LogP contribution in [0.25, 0.3) is 5.82 Å². The molecule has 2 aromatic heterocycles. The summed E-state index contributed by atoms with van der Waals surface area (Å²) in [5.41, 5.74) is 3.31. The molecule has 1 aliphatic rings. The average Bonchev–Trinajstić information content (AvgIpc) is 3.42. The predicted octanol–water partition coefficient (Wildman–Crippen LogP) is 4.06. The van der Waals surface area contributed by atoms with E-state index in [9.17, 15) is 9.59 Å². The molecule has 1 unspecified atom stereocenters. The van der Waals surface area contributed by atoms with Gasteiger partial charge in [-0.05, 0) is 62.4 Å². The lowest BCUT2D eigenvalue weighted by atomic mass is 10.1. The lowest BCUT2D eigenvalue weighted by Crippen LogP contribution is -2.28. The van der Waals surface area contributed by atoms with E-state index in [2.05, 4.69) is 20.6 Å². The number of ether oxygens (including phenoxy) is 1. The highest BCUT2D eigenvalue weighted by Gasteiger charge is 2.35. The Labute approximate surface area is 202 Å². The van der Waals surface area contributed by atoms with Gasteiger partial charge in [-0.25, -0.2) is 4.68 Å². The number of nitrogens with zero attached hydrogens (tertiary/aromatic N) is 5. The maximum atomic E-state index is 12.7. The molecule has 2 aromatic carbocycles. The Balaban J connectivity index is 1.18. The Kier molecular flexibility index (Phi) is 5.97.